The minimum atomic E-state index is 0.362. The van der Waals surface area contributed by atoms with Crippen molar-refractivity contribution in [2.24, 2.45) is 5.92 Å². The number of ether oxygens (including phenoxy) is 1. The predicted octanol–water partition coefficient (Wildman–Crippen LogP) is 2.55. The van der Waals surface area contributed by atoms with Crippen LogP contribution in [0.15, 0.2) is 0 Å². The molecule has 1 aromatic heterocycles. The number of nitrogens with zero attached hydrogens (tertiary/aromatic N) is 3. The van der Waals surface area contributed by atoms with Crippen LogP contribution >= 0.6 is 0 Å². The van der Waals surface area contributed by atoms with Crippen LogP contribution in [-0.2, 0) is 0 Å². The van der Waals surface area contributed by atoms with Crippen molar-refractivity contribution >= 4 is 11.9 Å². The Balaban J connectivity index is 2.74. The minimum Gasteiger partial charge on any atom is -0.464 e. The molecule has 0 aliphatic carbocycles. The van der Waals surface area contributed by atoms with Crippen LogP contribution in [0.4, 0.5) is 11.9 Å². The quantitative estimate of drug-likeness (QED) is 0.716. The van der Waals surface area contributed by atoms with Crippen molar-refractivity contribution in [2.45, 2.75) is 40.5 Å². The Labute approximate surface area is 115 Å². The Morgan fingerprint density at radius 2 is 1.58 bits per heavy atom. The summed E-state index contributed by atoms with van der Waals surface area (Å²) in [4.78, 5) is 12.8. The lowest BCUT2D eigenvalue weighted by molar-refractivity contribution is 0.312. The van der Waals surface area contributed by atoms with Gasteiger partial charge >= 0.3 is 6.01 Å². The molecule has 1 heterocycles. The zero-order valence-corrected chi connectivity index (χ0v) is 12.4. The van der Waals surface area contributed by atoms with E-state index in [4.69, 9.17) is 4.74 Å². The molecule has 6 heteroatoms. The Hall–Kier alpha value is -1.59. The van der Waals surface area contributed by atoms with E-state index in [1.807, 2.05) is 13.8 Å². The highest BCUT2D eigenvalue weighted by molar-refractivity contribution is 5.35. The van der Waals surface area contributed by atoms with E-state index in [9.17, 15) is 0 Å². The van der Waals surface area contributed by atoms with E-state index < -0.39 is 0 Å². The summed E-state index contributed by atoms with van der Waals surface area (Å²) >= 11 is 0. The first kappa shape index (κ1) is 15.5. The smallest absolute Gasteiger partial charge is 0.323 e. The molecule has 0 radical (unpaired) electrons. The number of aromatic nitrogens is 3. The van der Waals surface area contributed by atoms with Crippen molar-refractivity contribution in [1.29, 1.82) is 0 Å². The van der Waals surface area contributed by atoms with E-state index in [0.717, 1.165) is 25.9 Å². The van der Waals surface area contributed by atoms with Crippen LogP contribution in [0.5, 0.6) is 6.01 Å². The van der Waals surface area contributed by atoms with E-state index in [-0.39, 0.29) is 0 Å². The SMILES string of the molecule is CCNc1nc(NCC(CC)CC)nc(OCC)n1. The molecule has 0 bridgehead atoms. The first-order valence-electron chi connectivity index (χ1n) is 7.09. The van der Waals surface area contributed by atoms with Gasteiger partial charge in [-0.25, -0.2) is 0 Å². The second kappa shape index (κ2) is 8.50. The molecule has 0 saturated heterocycles. The van der Waals surface area contributed by atoms with Gasteiger partial charge in [0.2, 0.25) is 11.9 Å². The first-order valence-corrected chi connectivity index (χ1v) is 7.09. The molecule has 0 fully saturated rings. The zero-order chi connectivity index (χ0) is 14.1. The van der Waals surface area contributed by atoms with Crippen molar-refractivity contribution < 1.29 is 4.74 Å². The van der Waals surface area contributed by atoms with Gasteiger partial charge in [0.15, 0.2) is 0 Å². The van der Waals surface area contributed by atoms with E-state index in [0.29, 0.717) is 30.4 Å². The third-order valence-corrected chi connectivity index (χ3v) is 2.93. The second-order valence-electron chi connectivity index (χ2n) is 4.29. The summed E-state index contributed by atoms with van der Waals surface area (Å²) in [7, 11) is 0. The molecular weight excluding hydrogens is 242 g/mol. The predicted molar refractivity (Wildman–Crippen MR) is 77.7 cm³/mol. The molecule has 0 amide bonds. The maximum absolute atomic E-state index is 5.35. The molecule has 0 aromatic carbocycles. The molecule has 19 heavy (non-hydrogen) atoms. The lowest BCUT2D eigenvalue weighted by atomic mass is 10.0. The summed E-state index contributed by atoms with van der Waals surface area (Å²) in [6.07, 6.45) is 2.29. The maximum Gasteiger partial charge on any atom is 0.323 e. The molecule has 1 rings (SSSR count). The van der Waals surface area contributed by atoms with Gasteiger partial charge in [-0.3, -0.25) is 0 Å². The number of anilines is 2. The summed E-state index contributed by atoms with van der Waals surface area (Å²) in [5, 5.41) is 6.34. The molecule has 6 nitrogen and oxygen atoms in total. The van der Waals surface area contributed by atoms with Crippen LogP contribution in [-0.4, -0.2) is 34.6 Å². The van der Waals surface area contributed by atoms with Gasteiger partial charge in [-0.1, -0.05) is 26.7 Å². The van der Waals surface area contributed by atoms with Crippen molar-refractivity contribution in [1.82, 2.24) is 15.0 Å². The third kappa shape index (κ3) is 5.28. The van der Waals surface area contributed by atoms with Gasteiger partial charge in [-0.15, -0.1) is 0 Å². The summed E-state index contributed by atoms with van der Waals surface area (Å²) in [5.74, 6) is 1.75. The van der Waals surface area contributed by atoms with Crippen LogP contribution < -0.4 is 15.4 Å². The molecule has 0 unspecified atom stereocenters. The van der Waals surface area contributed by atoms with E-state index >= 15 is 0 Å². The summed E-state index contributed by atoms with van der Waals surface area (Å²) < 4.78 is 5.35. The fourth-order valence-electron chi connectivity index (χ4n) is 1.68. The fraction of sp³-hybridized carbons (Fsp3) is 0.769. The van der Waals surface area contributed by atoms with Crippen molar-refractivity contribution in [3.8, 4) is 6.01 Å². The van der Waals surface area contributed by atoms with Gasteiger partial charge in [0.05, 0.1) is 6.61 Å². The maximum atomic E-state index is 5.35. The minimum absolute atomic E-state index is 0.362. The first-order chi connectivity index (χ1) is 9.23. The largest absolute Gasteiger partial charge is 0.464 e. The van der Waals surface area contributed by atoms with Gasteiger partial charge in [0, 0.05) is 13.1 Å². The molecule has 0 atom stereocenters. The number of hydrogen-bond acceptors (Lipinski definition) is 6. The van der Waals surface area contributed by atoms with Gasteiger partial charge in [0.1, 0.15) is 0 Å². The number of hydrogen-bond donors (Lipinski definition) is 2. The zero-order valence-electron chi connectivity index (χ0n) is 12.4. The lowest BCUT2D eigenvalue weighted by Gasteiger charge is -2.14. The summed E-state index contributed by atoms with van der Waals surface area (Å²) in [5.41, 5.74) is 0. The van der Waals surface area contributed by atoms with Gasteiger partial charge in [-0.05, 0) is 19.8 Å². The number of nitrogens with one attached hydrogen (secondary N) is 2. The fourth-order valence-corrected chi connectivity index (χ4v) is 1.68. The van der Waals surface area contributed by atoms with Crippen LogP contribution in [0.25, 0.3) is 0 Å². The van der Waals surface area contributed by atoms with Crippen molar-refractivity contribution in [3.63, 3.8) is 0 Å². The van der Waals surface area contributed by atoms with E-state index in [1.165, 1.54) is 0 Å². The van der Waals surface area contributed by atoms with E-state index in [1.54, 1.807) is 0 Å². The van der Waals surface area contributed by atoms with Gasteiger partial charge < -0.3 is 15.4 Å². The lowest BCUT2D eigenvalue weighted by Crippen LogP contribution is -2.16. The molecule has 0 spiro atoms. The molecule has 1 aromatic rings. The average Bonchev–Trinajstić information content (AvgIpc) is 2.40. The number of rotatable bonds is 9. The molecule has 0 saturated carbocycles. The van der Waals surface area contributed by atoms with Crippen LogP contribution in [0.3, 0.4) is 0 Å². The third-order valence-electron chi connectivity index (χ3n) is 2.93. The molecule has 0 aliphatic rings. The molecule has 0 aliphatic heterocycles. The highest BCUT2D eigenvalue weighted by atomic mass is 16.5. The summed E-state index contributed by atoms with van der Waals surface area (Å²) in [6, 6.07) is 0.362. The highest BCUT2D eigenvalue weighted by Gasteiger charge is 2.08. The molecule has 2 N–H and O–H groups in total. The molecular formula is C13H25N5O. The Morgan fingerprint density at radius 1 is 0.947 bits per heavy atom. The van der Waals surface area contributed by atoms with Crippen LogP contribution in [0.2, 0.25) is 0 Å². The topological polar surface area (TPSA) is 72.0 Å². The second-order valence-corrected chi connectivity index (χ2v) is 4.29. The Morgan fingerprint density at radius 3 is 2.11 bits per heavy atom. The standard InChI is InChI=1S/C13H25N5O/c1-5-10(6-2)9-15-12-16-11(14-7-3)17-13(18-12)19-8-4/h10H,5-9H2,1-4H3,(H2,14,15,16,17,18). The Bertz CT molecular complexity index is 344. The van der Waals surface area contributed by atoms with Gasteiger partial charge in [0.25, 0.3) is 0 Å². The average molecular weight is 267 g/mol. The van der Waals surface area contributed by atoms with Crippen molar-refractivity contribution in [2.75, 3.05) is 30.3 Å². The van der Waals surface area contributed by atoms with E-state index in [2.05, 4.69) is 39.4 Å². The monoisotopic (exact) mass is 267 g/mol. The van der Waals surface area contributed by atoms with Gasteiger partial charge in [-0.2, -0.15) is 15.0 Å². The summed E-state index contributed by atoms with van der Waals surface area (Å²) in [6.45, 7) is 10.5. The highest BCUT2D eigenvalue weighted by Crippen LogP contribution is 2.13. The normalized spacial score (nSPS) is 10.6. The Kier molecular flexibility index (Phi) is 6.92. The molecule has 108 valence electrons. The van der Waals surface area contributed by atoms with Crippen LogP contribution in [0, 0.1) is 5.92 Å². The van der Waals surface area contributed by atoms with Crippen LogP contribution in [0.1, 0.15) is 40.5 Å². The van der Waals surface area contributed by atoms with Crippen molar-refractivity contribution in [3.05, 3.63) is 0 Å².